The van der Waals surface area contributed by atoms with Crippen LogP contribution < -0.4 is 14.8 Å². The molecule has 0 radical (unpaired) electrons. The van der Waals surface area contributed by atoms with Gasteiger partial charge in [0.1, 0.15) is 0 Å². The van der Waals surface area contributed by atoms with Crippen LogP contribution in [0.1, 0.15) is 46.5 Å². The first-order chi connectivity index (χ1) is 12.9. The molecule has 0 aliphatic carbocycles. The molecule has 0 aliphatic heterocycles. The molecule has 2 aromatic carbocycles. The fourth-order valence-electron chi connectivity index (χ4n) is 2.49. The van der Waals surface area contributed by atoms with E-state index in [-0.39, 0.29) is 17.7 Å². The molecule has 0 aliphatic rings. The highest BCUT2D eigenvalue weighted by molar-refractivity contribution is 6.04. The maximum atomic E-state index is 12.3. The number of rotatable bonds is 9. The molecule has 0 saturated heterocycles. The van der Waals surface area contributed by atoms with E-state index in [1.165, 1.54) is 12.1 Å². The second kappa shape index (κ2) is 9.62. The predicted molar refractivity (Wildman–Crippen MR) is 103 cm³/mol. The van der Waals surface area contributed by atoms with Crippen LogP contribution >= 0.6 is 0 Å². The average molecular weight is 371 g/mol. The van der Waals surface area contributed by atoms with Crippen LogP contribution in [0.4, 0.5) is 0 Å². The lowest BCUT2D eigenvalue weighted by Gasteiger charge is -2.13. The Kier molecular flexibility index (Phi) is 7.23. The Morgan fingerprint density at radius 1 is 1.07 bits per heavy atom. The molecule has 144 valence electrons. The van der Waals surface area contributed by atoms with Crippen molar-refractivity contribution in [1.29, 1.82) is 0 Å². The number of carboxylic acids is 1. The summed E-state index contributed by atoms with van der Waals surface area (Å²) >= 11 is 0. The topological polar surface area (TPSA) is 84.9 Å². The number of carbonyl (C=O) groups excluding carboxylic acids is 1. The normalized spacial score (nSPS) is 10.5. The van der Waals surface area contributed by atoms with Crippen molar-refractivity contribution in [3.8, 4) is 11.5 Å². The van der Waals surface area contributed by atoms with E-state index in [4.69, 9.17) is 9.47 Å². The third-order valence-corrected chi connectivity index (χ3v) is 4.04. The second-order valence-corrected chi connectivity index (χ2v) is 6.55. The largest absolute Gasteiger partial charge is 0.493 e. The van der Waals surface area contributed by atoms with E-state index in [0.29, 0.717) is 24.0 Å². The molecule has 6 heteroatoms. The lowest BCUT2D eigenvalue weighted by Crippen LogP contribution is -2.24. The number of carboxylic acid groups (broad SMARTS) is 1. The molecule has 0 bridgehead atoms. The molecule has 0 heterocycles. The van der Waals surface area contributed by atoms with Gasteiger partial charge < -0.3 is 19.9 Å². The first-order valence-electron chi connectivity index (χ1n) is 8.82. The van der Waals surface area contributed by atoms with E-state index in [9.17, 15) is 14.7 Å². The highest BCUT2D eigenvalue weighted by Gasteiger charge is 2.15. The number of hydrogen-bond donors (Lipinski definition) is 2. The highest BCUT2D eigenvalue weighted by atomic mass is 16.5. The molecule has 6 nitrogen and oxygen atoms in total. The van der Waals surface area contributed by atoms with Crippen molar-refractivity contribution in [2.75, 3.05) is 13.7 Å². The predicted octanol–water partition coefficient (Wildman–Crippen LogP) is 3.75. The summed E-state index contributed by atoms with van der Waals surface area (Å²) in [5, 5.41) is 11.9. The monoisotopic (exact) mass is 371 g/mol. The van der Waals surface area contributed by atoms with Crippen LogP contribution in [-0.2, 0) is 6.54 Å². The van der Waals surface area contributed by atoms with E-state index in [2.05, 4.69) is 19.2 Å². The lowest BCUT2D eigenvalue weighted by molar-refractivity contribution is 0.0691. The van der Waals surface area contributed by atoms with Gasteiger partial charge in [-0.2, -0.15) is 0 Å². The Balaban J connectivity index is 2.03. The minimum atomic E-state index is -1.13. The summed E-state index contributed by atoms with van der Waals surface area (Å²) in [7, 11) is 1.57. The minimum Gasteiger partial charge on any atom is -0.493 e. The Bertz CT molecular complexity index is 801. The van der Waals surface area contributed by atoms with E-state index >= 15 is 0 Å². The second-order valence-electron chi connectivity index (χ2n) is 6.55. The number of aromatic carboxylic acids is 1. The summed E-state index contributed by atoms with van der Waals surface area (Å²) < 4.78 is 11.1. The van der Waals surface area contributed by atoms with Crippen molar-refractivity contribution in [3.63, 3.8) is 0 Å². The maximum Gasteiger partial charge on any atom is 0.336 e. The van der Waals surface area contributed by atoms with Crippen LogP contribution in [0, 0.1) is 5.92 Å². The van der Waals surface area contributed by atoms with Crippen LogP contribution in [0.2, 0.25) is 0 Å². The third kappa shape index (κ3) is 5.74. The molecular weight excluding hydrogens is 346 g/mol. The van der Waals surface area contributed by atoms with Gasteiger partial charge in [-0.15, -0.1) is 0 Å². The summed E-state index contributed by atoms with van der Waals surface area (Å²) in [6, 6.07) is 11.6. The number of ether oxygens (including phenoxy) is 2. The molecule has 2 aromatic rings. The number of methoxy groups -OCH3 is 1. The fourth-order valence-corrected chi connectivity index (χ4v) is 2.49. The zero-order valence-corrected chi connectivity index (χ0v) is 15.8. The number of amides is 1. The van der Waals surface area contributed by atoms with Crippen LogP contribution in [0.15, 0.2) is 42.5 Å². The molecule has 0 aromatic heterocycles. The summed E-state index contributed by atoms with van der Waals surface area (Å²) in [5.41, 5.74) is 0.927. The summed E-state index contributed by atoms with van der Waals surface area (Å²) in [4.78, 5) is 23.6. The molecule has 1 amide bonds. The smallest absolute Gasteiger partial charge is 0.336 e. The van der Waals surface area contributed by atoms with Crippen molar-refractivity contribution in [2.24, 2.45) is 5.92 Å². The maximum absolute atomic E-state index is 12.3. The van der Waals surface area contributed by atoms with E-state index < -0.39 is 11.9 Å². The van der Waals surface area contributed by atoms with E-state index in [1.807, 2.05) is 12.1 Å². The van der Waals surface area contributed by atoms with Crippen LogP contribution in [0.5, 0.6) is 11.5 Å². The molecular formula is C21H25NO5. The average Bonchev–Trinajstić information content (AvgIpc) is 2.66. The van der Waals surface area contributed by atoms with Gasteiger partial charge in [-0.25, -0.2) is 4.79 Å². The Morgan fingerprint density at radius 2 is 1.78 bits per heavy atom. The molecule has 0 unspecified atom stereocenters. The van der Waals surface area contributed by atoms with E-state index in [1.54, 1.807) is 25.3 Å². The molecule has 0 saturated carbocycles. The van der Waals surface area contributed by atoms with Gasteiger partial charge in [0.05, 0.1) is 24.8 Å². The summed E-state index contributed by atoms with van der Waals surface area (Å²) in [5.74, 6) is 0.231. The van der Waals surface area contributed by atoms with Gasteiger partial charge in [0.15, 0.2) is 11.5 Å². The number of benzene rings is 2. The molecule has 27 heavy (non-hydrogen) atoms. The van der Waals surface area contributed by atoms with Crippen molar-refractivity contribution in [3.05, 3.63) is 59.2 Å². The van der Waals surface area contributed by atoms with Gasteiger partial charge >= 0.3 is 5.97 Å². The standard InChI is InChI=1S/C21H25NO5/c1-14(2)10-11-27-18-9-8-15(12-19(18)26-3)13-22-20(23)16-6-4-5-7-17(16)21(24)25/h4-9,12,14H,10-11,13H2,1-3H3,(H,22,23)(H,24,25). The third-order valence-electron chi connectivity index (χ3n) is 4.04. The lowest BCUT2D eigenvalue weighted by atomic mass is 10.1. The van der Waals surface area contributed by atoms with Gasteiger partial charge in [0, 0.05) is 6.54 Å². The number of hydrogen-bond acceptors (Lipinski definition) is 4. The fraction of sp³-hybridized carbons (Fsp3) is 0.333. The van der Waals surface area contributed by atoms with Crippen LogP contribution in [0.3, 0.4) is 0 Å². The summed E-state index contributed by atoms with van der Waals surface area (Å²) in [6.45, 7) is 5.12. The van der Waals surface area contributed by atoms with Crippen molar-refractivity contribution in [2.45, 2.75) is 26.8 Å². The van der Waals surface area contributed by atoms with Crippen molar-refractivity contribution in [1.82, 2.24) is 5.32 Å². The number of nitrogens with one attached hydrogen (secondary N) is 1. The summed E-state index contributed by atoms with van der Waals surface area (Å²) in [6.07, 6.45) is 0.948. The van der Waals surface area contributed by atoms with Gasteiger partial charge in [-0.05, 0) is 42.2 Å². The van der Waals surface area contributed by atoms with Gasteiger partial charge in [-0.1, -0.05) is 32.0 Å². The Labute approximate surface area is 159 Å². The van der Waals surface area contributed by atoms with Gasteiger partial charge in [0.2, 0.25) is 0 Å². The number of carbonyl (C=O) groups is 2. The first kappa shape index (κ1) is 20.3. The minimum absolute atomic E-state index is 0.0264. The van der Waals surface area contributed by atoms with Crippen LogP contribution in [-0.4, -0.2) is 30.7 Å². The Hall–Kier alpha value is -3.02. The zero-order valence-electron chi connectivity index (χ0n) is 15.8. The first-order valence-corrected chi connectivity index (χ1v) is 8.82. The Morgan fingerprint density at radius 3 is 2.41 bits per heavy atom. The van der Waals surface area contributed by atoms with Crippen LogP contribution in [0.25, 0.3) is 0 Å². The van der Waals surface area contributed by atoms with Crippen molar-refractivity contribution >= 4 is 11.9 Å². The quantitative estimate of drug-likeness (QED) is 0.701. The SMILES string of the molecule is COc1cc(CNC(=O)c2ccccc2C(=O)O)ccc1OCCC(C)C. The van der Waals surface area contributed by atoms with Crippen molar-refractivity contribution < 1.29 is 24.2 Å². The highest BCUT2D eigenvalue weighted by Crippen LogP contribution is 2.28. The van der Waals surface area contributed by atoms with Gasteiger partial charge in [0.25, 0.3) is 5.91 Å². The zero-order chi connectivity index (χ0) is 19.8. The molecule has 0 atom stereocenters. The molecule has 2 N–H and O–H groups in total. The van der Waals surface area contributed by atoms with E-state index in [0.717, 1.165) is 12.0 Å². The molecule has 2 rings (SSSR count). The van der Waals surface area contributed by atoms with Gasteiger partial charge in [-0.3, -0.25) is 4.79 Å². The molecule has 0 spiro atoms. The molecule has 0 fully saturated rings.